The van der Waals surface area contributed by atoms with Crippen molar-refractivity contribution in [2.45, 2.75) is 0 Å². The molecule has 0 aromatic heterocycles. The summed E-state index contributed by atoms with van der Waals surface area (Å²) in [6.45, 7) is 0. The topological polar surface area (TPSA) is 126 Å². The fourth-order valence-electron chi connectivity index (χ4n) is 0. The number of hydrogen-bond acceptors (Lipinski definition) is 6. The molecule has 0 atom stereocenters. The molecule has 0 fully saturated rings. The molecule has 10 heavy (non-hydrogen) atoms. The normalized spacial score (nSPS) is 7.00. The van der Waals surface area contributed by atoms with E-state index in [2.05, 4.69) is 0 Å². The van der Waals surface area contributed by atoms with Crippen molar-refractivity contribution < 1.29 is 26.6 Å². The molecule has 0 N–H and O–H groups in total. The molecule has 0 amide bonds. The van der Waals surface area contributed by atoms with Crippen LogP contribution in [0.2, 0.25) is 0 Å². The first-order valence-electron chi connectivity index (χ1n) is 1.00. The Hall–Kier alpha value is 2.66. The fourth-order valence-corrected chi connectivity index (χ4v) is 0. The van der Waals surface area contributed by atoms with Gasteiger partial charge in [-0.15, -0.1) is 22.7 Å². The monoisotopic (exact) mass is 240 g/mol. The molecule has 0 rings (SSSR count). The largest absolute Gasteiger partial charge is 2.00 e. The molecule has 0 aromatic carbocycles. The van der Waals surface area contributed by atoms with Crippen LogP contribution in [0.15, 0.2) is 0 Å². The van der Waals surface area contributed by atoms with E-state index < -0.39 is 22.7 Å². The van der Waals surface area contributed by atoms with Crippen LogP contribution in [0.3, 0.4) is 0 Å². The van der Waals surface area contributed by atoms with E-state index in [0.29, 0.717) is 0 Å². The van der Waals surface area contributed by atoms with Gasteiger partial charge in [0.25, 0.3) is 0 Å². The Morgan fingerprint density at radius 1 is 0.700 bits per heavy atom. The van der Waals surface area contributed by atoms with Gasteiger partial charge in [0.05, 0.1) is 0 Å². The summed E-state index contributed by atoms with van der Waals surface area (Å²) in [5, 5.41) is 0. The van der Waals surface area contributed by atoms with Crippen LogP contribution in [0.5, 0.6) is 0 Å². The summed E-state index contributed by atoms with van der Waals surface area (Å²) < 4.78 is 50.7. The molecular formula is Ca2O6S2. The Balaban J connectivity index is -0.0000000300. The van der Waals surface area contributed by atoms with Gasteiger partial charge in [0.2, 0.25) is 0 Å². The van der Waals surface area contributed by atoms with E-state index in [-0.39, 0.29) is 75.5 Å². The van der Waals surface area contributed by atoms with Crippen molar-refractivity contribution in [3.8, 4) is 0 Å². The Labute approximate surface area is 122 Å². The van der Waals surface area contributed by atoms with Gasteiger partial charge in [-0.05, 0) is 0 Å². The van der Waals surface area contributed by atoms with Crippen molar-refractivity contribution in [3.05, 3.63) is 0 Å². The molecule has 0 aliphatic rings. The molecule has 0 spiro atoms. The zero-order chi connectivity index (χ0) is 7.15. The average molecular weight is 240 g/mol. The zero-order valence-corrected chi connectivity index (χ0v) is 10.7. The molecule has 6 nitrogen and oxygen atoms in total. The van der Waals surface area contributed by atoms with Crippen molar-refractivity contribution in [2.75, 3.05) is 0 Å². The van der Waals surface area contributed by atoms with Crippen molar-refractivity contribution >= 4 is 98.2 Å². The van der Waals surface area contributed by atoms with Gasteiger partial charge in [-0.2, -0.15) is 0 Å². The molecule has 0 aliphatic carbocycles. The minimum absolute atomic E-state index is 0. The first-order chi connectivity index (χ1) is 3.46. The molecule has 0 aromatic rings. The zero-order valence-electron chi connectivity index (χ0n) is 4.68. The van der Waals surface area contributed by atoms with E-state index in [9.17, 15) is 0 Å². The van der Waals surface area contributed by atoms with Gasteiger partial charge in [0.1, 0.15) is 0 Å². The SMILES string of the molecule is O=S([O-])[O-].O=S([O-])[O-].[Ca+2].[Ca+2]. The second kappa shape index (κ2) is 17.7. The first kappa shape index (κ1) is 23.0. The predicted octanol–water partition coefficient (Wildman–Crippen LogP) is -2.77. The third-order valence-corrected chi connectivity index (χ3v) is 0. The van der Waals surface area contributed by atoms with E-state index >= 15 is 0 Å². The molecule has 0 heterocycles. The van der Waals surface area contributed by atoms with Gasteiger partial charge < -0.3 is 18.2 Å². The third kappa shape index (κ3) is 141. The third-order valence-electron chi connectivity index (χ3n) is 0. The van der Waals surface area contributed by atoms with Gasteiger partial charge in [-0.3, -0.25) is 8.42 Å². The van der Waals surface area contributed by atoms with E-state index in [0.717, 1.165) is 0 Å². The summed E-state index contributed by atoms with van der Waals surface area (Å²) in [5.74, 6) is 0. The van der Waals surface area contributed by atoms with Crippen LogP contribution in [-0.2, 0) is 22.7 Å². The Kier molecular flexibility index (Phi) is 40.5. The maximum atomic E-state index is 8.44. The summed E-state index contributed by atoms with van der Waals surface area (Å²) in [5.41, 5.74) is 0. The summed E-state index contributed by atoms with van der Waals surface area (Å²) in [6, 6.07) is 0. The fraction of sp³-hybridized carbons (Fsp3) is 0. The van der Waals surface area contributed by atoms with E-state index in [1.54, 1.807) is 0 Å². The molecule has 0 aliphatic heterocycles. The Bertz CT molecular complexity index is 71.7. The second-order valence-corrected chi connectivity index (χ2v) is 1.22. The molecular weight excluding hydrogens is 240 g/mol. The molecule has 10 heteroatoms. The van der Waals surface area contributed by atoms with Crippen molar-refractivity contribution in [1.82, 2.24) is 0 Å². The van der Waals surface area contributed by atoms with Crippen LogP contribution in [0.25, 0.3) is 0 Å². The second-order valence-electron chi connectivity index (χ2n) is 0.408. The minimum Gasteiger partial charge on any atom is -0.784 e. The molecule has 0 saturated carbocycles. The predicted molar refractivity (Wildman–Crippen MR) is 30.9 cm³/mol. The summed E-state index contributed by atoms with van der Waals surface area (Å²) in [4.78, 5) is 0. The first-order valence-corrected chi connectivity index (χ1v) is 3.00. The van der Waals surface area contributed by atoms with Crippen LogP contribution >= 0.6 is 0 Å². The maximum Gasteiger partial charge on any atom is 2.00 e. The van der Waals surface area contributed by atoms with Gasteiger partial charge in [0.15, 0.2) is 0 Å². The molecule has 52 valence electrons. The molecule has 0 saturated heterocycles. The van der Waals surface area contributed by atoms with Crippen molar-refractivity contribution in [1.29, 1.82) is 0 Å². The van der Waals surface area contributed by atoms with Gasteiger partial charge in [-0.1, -0.05) is 0 Å². The number of hydrogen-bond donors (Lipinski definition) is 0. The van der Waals surface area contributed by atoms with Crippen LogP contribution in [0.1, 0.15) is 0 Å². The quantitative estimate of drug-likeness (QED) is 0.333. The van der Waals surface area contributed by atoms with Crippen LogP contribution in [-0.4, -0.2) is 102 Å². The maximum absolute atomic E-state index is 8.44. The van der Waals surface area contributed by atoms with Gasteiger partial charge >= 0.3 is 75.5 Å². The van der Waals surface area contributed by atoms with Crippen molar-refractivity contribution in [3.63, 3.8) is 0 Å². The van der Waals surface area contributed by atoms with Crippen LogP contribution in [0, 0.1) is 0 Å². The minimum atomic E-state index is -3.11. The van der Waals surface area contributed by atoms with Gasteiger partial charge in [0, 0.05) is 0 Å². The Morgan fingerprint density at radius 3 is 0.700 bits per heavy atom. The summed E-state index contributed by atoms with van der Waals surface area (Å²) in [7, 11) is 0. The molecule has 0 radical (unpaired) electrons. The van der Waals surface area contributed by atoms with Crippen molar-refractivity contribution in [2.24, 2.45) is 0 Å². The van der Waals surface area contributed by atoms with Crippen LogP contribution in [0.4, 0.5) is 0 Å². The Morgan fingerprint density at radius 2 is 0.700 bits per heavy atom. The van der Waals surface area contributed by atoms with Gasteiger partial charge in [-0.25, -0.2) is 0 Å². The van der Waals surface area contributed by atoms with E-state index in [4.69, 9.17) is 26.6 Å². The van der Waals surface area contributed by atoms with Crippen LogP contribution < -0.4 is 0 Å². The molecule has 0 unspecified atom stereocenters. The van der Waals surface area contributed by atoms with E-state index in [1.165, 1.54) is 0 Å². The summed E-state index contributed by atoms with van der Waals surface area (Å²) in [6.07, 6.45) is 0. The number of rotatable bonds is 0. The van der Waals surface area contributed by atoms with E-state index in [1.807, 2.05) is 0 Å². The molecule has 0 bridgehead atoms. The smallest absolute Gasteiger partial charge is 0.784 e. The summed E-state index contributed by atoms with van der Waals surface area (Å²) >= 11 is -6.22. The standard InChI is InChI=1S/2Ca.2H2O3S/c;;2*1-4(2)3/h;;2*(H2,1,2,3)/q2*+2;;/p-4. The average Bonchev–Trinajstić information content (AvgIpc) is 1.25.